The molecule has 3 fully saturated rings. The van der Waals surface area contributed by atoms with Gasteiger partial charge in [-0.2, -0.15) is 4.31 Å². The summed E-state index contributed by atoms with van der Waals surface area (Å²) in [6.45, 7) is 5.96. The summed E-state index contributed by atoms with van der Waals surface area (Å²) in [4.78, 5) is 14.7. The summed E-state index contributed by atoms with van der Waals surface area (Å²) < 4.78 is 33.9. The summed E-state index contributed by atoms with van der Waals surface area (Å²) in [5.41, 5.74) is 0.221. The van der Waals surface area contributed by atoms with Crippen molar-refractivity contribution < 1.29 is 17.9 Å². The lowest BCUT2D eigenvalue weighted by Gasteiger charge is -2.39. The standard InChI is InChI=1S/C20H28N2O4S/c1-15(2)8-9-22-14-20-13-21(19(23)10-16-6-4-3-5-7-16)12-17(26-20)11-18(20)27(22,24)25/h3-7,15,17-18H,8-14H2,1-2H3/t17-,18+,20+/m1/s1. The van der Waals surface area contributed by atoms with E-state index in [4.69, 9.17) is 4.74 Å². The second kappa shape index (κ2) is 6.87. The number of benzene rings is 1. The largest absolute Gasteiger partial charge is 0.365 e. The van der Waals surface area contributed by atoms with Crippen molar-refractivity contribution in [2.24, 2.45) is 5.92 Å². The van der Waals surface area contributed by atoms with Crippen LogP contribution in [0.1, 0.15) is 32.3 Å². The van der Waals surface area contributed by atoms with Crippen LogP contribution in [0.4, 0.5) is 0 Å². The monoisotopic (exact) mass is 392 g/mol. The lowest BCUT2D eigenvalue weighted by atomic mass is 9.99. The smallest absolute Gasteiger partial charge is 0.227 e. The maximum atomic E-state index is 13.0. The number of carbonyl (C=O) groups is 1. The molecule has 1 aromatic rings. The Kier molecular flexibility index (Phi) is 4.81. The van der Waals surface area contributed by atoms with Gasteiger partial charge in [-0.15, -0.1) is 0 Å². The number of fused-ring (bicyclic) bond motifs is 1. The Morgan fingerprint density at radius 2 is 2.00 bits per heavy atom. The Labute approximate surface area is 161 Å². The third kappa shape index (κ3) is 3.41. The van der Waals surface area contributed by atoms with Crippen LogP contribution in [0.25, 0.3) is 0 Å². The molecule has 1 aromatic carbocycles. The zero-order valence-corrected chi connectivity index (χ0v) is 16.8. The second-order valence-corrected chi connectivity index (χ2v) is 10.6. The molecule has 4 rings (SSSR count). The SMILES string of the molecule is CC(C)CCN1C[C@@]23CN(C(=O)Cc4ccccc4)C[C@@H](C[C@@H]2S1(=O)=O)O3. The van der Waals surface area contributed by atoms with Gasteiger partial charge in [-0.25, -0.2) is 8.42 Å². The summed E-state index contributed by atoms with van der Waals surface area (Å²) in [5.74, 6) is 0.495. The molecular weight excluding hydrogens is 364 g/mol. The summed E-state index contributed by atoms with van der Waals surface area (Å²) in [6, 6.07) is 9.68. The Hall–Kier alpha value is -1.44. The number of morpholine rings is 1. The molecule has 7 heteroatoms. The van der Waals surface area contributed by atoms with Gasteiger partial charge in [0, 0.05) is 19.6 Å². The molecule has 1 amide bonds. The van der Waals surface area contributed by atoms with E-state index in [2.05, 4.69) is 13.8 Å². The van der Waals surface area contributed by atoms with E-state index in [9.17, 15) is 13.2 Å². The molecule has 0 aliphatic carbocycles. The first-order valence-corrected chi connectivity index (χ1v) is 11.3. The van der Waals surface area contributed by atoms with Gasteiger partial charge in [-0.3, -0.25) is 4.79 Å². The number of likely N-dealkylation sites (tertiary alicyclic amines) is 1. The van der Waals surface area contributed by atoms with Gasteiger partial charge in [0.05, 0.1) is 19.1 Å². The van der Waals surface area contributed by atoms with Crippen LogP contribution in [-0.4, -0.2) is 66.7 Å². The van der Waals surface area contributed by atoms with Crippen LogP contribution in [0.5, 0.6) is 0 Å². The lowest BCUT2D eigenvalue weighted by molar-refractivity contribution is -0.150. The van der Waals surface area contributed by atoms with E-state index in [1.54, 1.807) is 4.31 Å². The first-order valence-electron chi connectivity index (χ1n) is 9.79. The molecule has 0 N–H and O–H groups in total. The van der Waals surface area contributed by atoms with Gasteiger partial charge in [0.15, 0.2) is 0 Å². The molecule has 27 heavy (non-hydrogen) atoms. The lowest BCUT2D eigenvalue weighted by Crippen LogP contribution is -2.56. The number of ether oxygens (including phenoxy) is 1. The predicted octanol–water partition coefficient (Wildman–Crippen LogP) is 1.66. The number of hydrogen-bond acceptors (Lipinski definition) is 4. The first-order chi connectivity index (χ1) is 12.8. The van der Waals surface area contributed by atoms with E-state index in [1.165, 1.54) is 0 Å². The number of hydrogen-bond donors (Lipinski definition) is 0. The summed E-state index contributed by atoms with van der Waals surface area (Å²) >= 11 is 0. The molecule has 0 saturated carbocycles. The number of nitrogens with zero attached hydrogens (tertiary/aromatic N) is 2. The molecule has 3 heterocycles. The highest BCUT2D eigenvalue weighted by Gasteiger charge is 2.65. The molecule has 3 aliphatic rings. The van der Waals surface area contributed by atoms with Crippen LogP contribution in [0.2, 0.25) is 0 Å². The topological polar surface area (TPSA) is 66.9 Å². The molecular formula is C20H28N2O4S. The van der Waals surface area contributed by atoms with Gasteiger partial charge in [-0.1, -0.05) is 44.2 Å². The highest BCUT2D eigenvalue weighted by Crippen LogP contribution is 2.46. The first kappa shape index (κ1) is 18.9. The highest BCUT2D eigenvalue weighted by molar-refractivity contribution is 7.90. The van der Waals surface area contributed by atoms with Crippen LogP contribution in [0.15, 0.2) is 30.3 Å². The van der Waals surface area contributed by atoms with Crippen molar-refractivity contribution in [2.75, 3.05) is 26.2 Å². The average molecular weight is 393 g/mol. The fourth-order valence-electron chi connectivity index (χ4n) is 4.63. The quantitative estimate of drug-likeness (QED) is 0.764. The van der Waals surface area contributed by atoms with Crippen LogP contribution in [0, 0.1) is 5.92 Å². The minimum Gasteiger partial charge on any atom is -0.365 e. The van der Waals surface area contributed by atoms with Crippen molar-refractivity contribution in [1.82, 2.24) is 9.21 Å². The van der Waals surface area contributed by atoms with E-state index in [0.29, 0.717) is 44.9 Å². The van der Waals surface area contributed by atoms with E-state index < -0.39 is 20.9 Å². The number of sulfonamides is 1. The van der Waals surface area contributed by atoms with Crippen molar-refractivity contribution >= 4 is 15.9 Å². The van der Waals surface area contributed by atoms with E-state index in [1.807, 2.05) is 35.2 Å². The molecule has 1 spiro atoms. The van der Waals surface area contributed by atoms with Crippen LogP contribution >= 0.6 is 0 Å². The van der Waals surface area contributed by atoms with Crippen molar-refractivity contribution in [2.45, 2.75) is 50.1 Å². The molecule has 0 unspecified atom stereocenters. The Morgan fingerprint density at radius 3 is 2.70 bits per heavy atom. The van der Waals surface area contributed by atoms with Gasteiger partial charge in [0.1, 0.15) is 10.9 Å². The molecule has 3 aliphatic heterocycles. The minimum absolute atomic E-state index is 0.0487. The minimum atomic E-state index is -3.36. The molecule has 3 atom stereocenters. The number of rotatable bonds is 5. The predicted molar refractivity (Wildman–Crippen MR) is 103 cm³/mol. The fraction of sp³-hybridized carbons (Fsp3) is 0.650. The highest BCUT2D eigenvalue weighted by atomic mass is 32.2. The summed E-state index contributed by atoms with van der Waals surface area (Å²) in [7, 11) is -3.36. The van der Waals surface area contributed by atoms with Gasteiger partial charge < -0.3 is 9.64 Å². The zero-order chi connectivity index (χ0) is 19.2. The third-order valence-corrected chi connectivity index (χ3v) is 8.39. The fourth-order valence-corrected chi connectivity index (χ4v) is 6.95. The Bertz CT molecular complexity index is 811. The molecule has 0 aromatic heterocycles. The summed E-state index contributed by atoms with van der Waals surface area (Å²) in [6.07, 6.45) is 1.50. The van der Waals surface area contributed by atoms with Crippen LogP contribution in [-0.2, 0) is 26.0 Å². The second-order valence-electron chi connectivity index (χ2n) is 8.53. The van der Waals surface area contributed by atoms with Crippen LogP contribution < -0.4 is 0 Å². The van der Waals surface area contributed by atoms with Crippen molar-refractivity contribution in [3.05, 3.63) is 35.9 Å². The van der Waals surface area contributed by atoms with Gasteiger partial charge in [0.2, 0.25) is 15.9 Å². The third-order valence-electron chi connectivity index (χ3n) is 6.02. The molecule has 3 saturated heterocycles. The molecule has 0 radical (unpaired) electrons. The Morgan fingerprint density at radius 1 is 1.26 bits per heavy atom. The van der Waals surface area contributed by atoms with E-state index in [0.717, 1.165) is 12.0 Å². The van der Waals surface area contributed by atoms with Gasteiger partial charge in [-0.05, 0) is 24.3 Å². The zero-order valence-electron chi connectivity index (χ0n) is 16.0. The molecule has 6 nitrogen and oxygen atoms in total. The average Bonchev–Trinajstić information content (AvgIpc) is 2.99. The van der Waals surface area contributed by atoms with Crippen molar-refractivity contribution in [3.8, 4) is 0 Å². The number of amides is 1. The normalized spacial score (nSPS) is 32.0. The Balaban J connectivity index is 1.50. The van der Waals surface area contributed by atoms with Crippen LogP contribution in [0.3, 0.4) is 0 Å². The van der Waals surface area contributed by atoms with E-state index >= 15 is 0 Å². The summed E-state index contributed by atoms with van der Waals surface area (Å²) in [5, 5.41) is -0.517. The van der Waals surface area contributed by atoms with Crippen molar-refractivity contribution in [3.63, 3.8) is 0 Å². The van der Waals surface area contributed by atoms with Gasteiger partial charge >= 0.3 is 0 Å². The number of carbonyl (C=O) groups excluding carboxylic acids is 1. The maximum absolute atomic E-state index is 13.0. The van der Waals surface area contributed by atoms with Crippen molar-refractivity contribution in [1.29, 1.82) is 0 Å². The van der Waals surface area contributed by atoms with E-state index in [-0.39, 0.29) is 12.0 Å². The molecule has 2 bridgehead atoms. The molecule has 148 valence electrons. The van der Waals surface area contributed by atoms with Gasteiger partial charge in [0.25, 0.3) is 0 Å². The maximum Gasteiger partial charge on any atom is 0.227 e.